The Morgan fingerprint density at radius 1 is 1.04 bits per heavy atom. The molecule has 3 heterocycles. The minimum Gasteiger partial charge on any atom is -0.274 e. The highest BCUT2D eigenvalue weighted by Crippen LogP contribution is 2.50. The van der Waals surface area contributed by atoms with Gasteiger partial charge in [-0.3, -0.25) is 19.4 Å². The fraction of sp³-hybridized carbons (Fsp3) is 0.571. The molecule has 3 aliphatic heterocycles. The second-order valence-corrected chi connectivity index (χ2v) is 9.03. The van der Waals surface area contributed by atoms with Crippen LogP contribution >= 0.6 is 0 Å². The molecule has 0 N–H and O–H groups in total. The van der Waals surface area contributed by atoms with E-state index in [0.29, 0.717) is 12.1 Å². The van der Waals surface area contributed by atoms with Crippen molar-refractivity contribution in [3.8, 4) is 0 Å². The molecule has 1 aromatic rings. The smallest absolute Gasteiger partial charge is 0.259 e. The molecule has 3 aliphatic rings. The average molecular weight is 369 g/mol. The summed E-state index contributed by atoms with van der Waals surface area (Å²) in [6, 6.07) is 4.85. The van der Waals surface area contributed by atoms with Crippen molar-refractivity contribution in [3.05, 3.63) is 29.3 Å². The Hall–Kier alpha value is -2.21. The molecule has 6 nitrogen and oxygen atoms in total. The number of nitrogens with zero attached hydrogens (tertiary/aromatic N) is 3. The van der Waals surface area contributed by atoms with Gasteiger partial charge in [-0.1, -0.05) is 32.0 Å². The quantitative estimate of drug-likeness (QED) is 0.751. The highest BCUT2D eigenvalue weighted by Gasteiger charge is 2.68. The molecule has 0 spiro atoms. The molecule has 144 valence electrons. The predicted octanol–water partition coefficient (Wildman–Crippen LogP) is 2.43. The van der Waals surface area contributed by atoms with Gasteiger partial charge in [-0.15, -0.1) is 0 Å². The number of rotatable bonds is 2. The van der Waals surface area contributed by atoms with Crippen LogP contribution in [0.1, 0.15) is 45.2 Å². The number of carbonyl (C=O) groups excluding carboxylic acids is 3. The molecule has 0 saturated carbocycles. The Kier molecular flexibility index (Phi) is 3.80. The average Bonchev–Trinajstić information content (AvgIpc) is 3.11. The van der Waals surface area contributed by atoms with Crippen LogP contribution in [0.15, 0.2) is 18.2 Å². The fourth-order valence-electron chi connectivity index (χ4n) is 5.28. The zero-order valence-electron chi connectivity index (χ0n) is 16.8. The first kappa shape index (κ1) is 18.2. The molecule has 3 saturated heterocycles. The van der Waals surface area contributed by atoms with E-state index in [0.717, 1.165) is 11.1 Å². The van der Waals surface area contributed by atoms with E-state index in [1.165, 1.54) is 4.90 Å². The third kappa shape index (κ3) is 2.25. The minimum absolute atomic E-state index is 0.0670. The molecule has 1 aromatic carbocycles. The standard InChI is InChI=1S/C21H27N3O3/c1-11(2)16-15-18(23-14(25)10-21(5,6)24(16)23)20(27)22(19(15)26)17-12(3)8-7-9-13(17)4/h7-9,11,15-16,18H,10H2,1-6H3/t15-,16+,18+/m0/s1. The number of fused-ring (bicyclic) bond motifs is 3. The number of para-hydroxylation sites is 1. The van der Waals surface area contributed by atoms with Crippen LogP contribution in [0.2, 0.25) is 0 Å². The number of imide groups is 1. The Labute approximate surface area is 160 Å². The summed E-state index contributed by atoms with van der Waals surface area (Å²) in [4.78, 5) is 41.1. The van der Waals surface area contributed by atoms with Gasteiger partial charge in [0.2, 0.25) is 11.8 Å². The molecule has 6 heteroatoms. The molecule has 0 radical (unpaired) electrons. The van der Waals surface area contributed by atoms with E-state index >= 15 is 0 Å². The lowest BCUT2D eigenvalue weighted by Gasteiger charge is -2.39. The summed E-state index contributed by atoms with van der Waals surface area (Å²) < 4.78 is 0. The number of aryl methyl sites for hydroxylation is 2. The zero-order chi connectivity index (χ0) is 19.8. The second kappa shape index (κ2) is 5.64. The van der Waals surface area contributed by atoms with Gasteiger partial charge in [-0.05, 0) is 44.7 Å². The summed E-state index contributed by atoms with van der Waals surface area (Å²) >= 11 is 0. The van der Waals surface area contributed by atoms with Gasteiger partial charge in [0.1, 0.15) is 6.04 Å². The van der Waals surface area contributed by atoms with Crippen LogP contribution < -0.4 is 4.90 Å². The highest BCUT2D eigenvalue weighted by molar-refractivity contribution is 6.25. The summed E-state index contributed by atoms with van der Waals surface area (Å²) in [7, 11) is 0. The van der Waals surface area contributed by atoms with Crippen molar-refractivity contribution >= 4 is 23.4 Å². The van der Waals surface area contributed by atoms with Crippen LogP contribution in [0.4, 0.5) is 5.69 Å². The fourth-order valence-corrected chi connectivity index (χ4v) is 5.28. The van der Waals surface area contributed by atoms with Crippen molar-refractivity contribution in [1.29, 1.82) is 0 Å². The van der Waals surface area contributed by atoms with Crippen molar-refractivity contribution in [2.24, 2.45) is 11.8 Å². The van der Waals surface area contributed by atoms with E-state index < -0.39 is 12.0 Å². The van der Waals surface area contributed by atoms with Crippen LogP contribution in [-0.2, 0) is 14.4 Å². The van der Waals surface area contributed by atoms with Gasteiger partial charge in [-0.2, -0.15) is 0 Å². The first-order chi connectivity index (χ1) is 12.6. The lowest BCUT2D eigenvalue weighted by molar-refractivity contribution is -0.147. The van der Waals surface area contributed by atoms with Crippen LogP contribution in [0.3, 0.4) is 0 Å². The minimum atomic E-state index is -0.724. The number of anilines is 1. The molecule has 3 amide bonds. The molecule has 0 aromatic heterocycles. The van der Waals surface area contributed by atoms with E-state index in [9.17, 15) is 14.4 Å². The van der Waals surface area contributed by atoms with Crippen molar-refractivity contribution in [2.75, 3.05) is 4.90 Å². The van der Waals surface area contributed by atoms with Crippen LogP contribution in [0.25, 0.3) is 0 Å². The number of hydrogen-bond donors (Lipinski definition) is 0. The van der Waals surface area contributed by atoms with Gasteiger partial charge < -0.3 is 0 Å². The molecule has 0 bridgehead atoms. The van der Waals surface area contributed by atoms with Crippen LogP contribution in [0.5, 0.6) is 0 Å². The third-order valence-corrected chi connectivity index (χ3v) is 6.27. The number of amides is 3. The van der Waals surface area contributed by atoms with Crippen molar-refractivity contribution in [3.63, 3.8) is 0 Å². The van der Waals surface area contributed by atoms with Gasteiger partial charge in [-0.25, -0.2) is 9.91 Å². The summed E-state index contributed by atoms with van der Waals surface area (Å²) in [5.41, 5.74) is 2.06. The predicted molar refractivity (Wildman–Crippen MR) is 102 cm³/mol. The molecule has 3 atom stereocenters. The van der Waals surface area contributed by atoms with Gasteiger partial charge in [0.15, 0.2) is 0 Å². The van der Waals surface area contributed by atoms with Gasteiger partial charge in [0, 0.05) is 18.0 Å². The van der Waals surface area contributed by atoms with Gasteiger partial charge in [0.05, 0.1) is 11.6 Å². The second-order valence-electron chi connectivity index (χ2n) is 9.03. The maximum Gasteiger partial charge on any atom is 0.259 e. The Morgan fingerprint density at radius 2 is 1.63 bits per heavy atom. The van der Waals surface area contributed by atoms with Crippen molar-refractivity contribution < 1.29 is 14.4 Å². The molecule has 3 fully saturated rings. The Balaban J connectivity index is 1.85. The zero-order valence-corrected chi connectivity index (χ0v) is 16.8. The number of carbonyl (C=O) groups is 3. The van der Waals surface area contributed by atoms with Crippen LogP contribution in [0, 0.1) is 25.7 Å². The lowest BCUT2D eigenvalue weighted by atomic mass is 9.85. The van der Waals surface area contributed by atoms with E-state index in [-0.39, 0.29) is 35.2 Å². The molecular weight excluding hydrogens is 342 g/mol. The Morgan fingerprint density at radius 3 is 2.19 bits per heavy atom. The largest absolute Gasteiger partial charge is 0.274 e. The van der Waals surface area contributed by atoms with Crippen molar-refractivity contribution in [2.45, 2.75) is 65.6 Å². The SMILES string of the molecule is Cc1cccc(C)c1N1C(=O)[C@H]2[C@@H](C(C)C)N3N(C(=O)CC3(C)C)[C@H]2C1=O. The number of hydrazine groups is 1. The Bertz CT molecular complexity index is 840. The maximum absolute atomic E-state index is 13.5. The first-order valence-electron chi connectivity index (χ1n) is 9.63. The summed E-state index contributed by atoms with van der Waals surface area (Å²) in [6.07, 6.45) is 0.365. The molecule has 27 heavy (non-hydrogen) atoms. The molecule has 4 rings (SSSR count). The monoisotopic (exact) mass is 369 g/mol. The highest BCUT2D eigenvalue weighted by atomic mass is 16.2. The lowest BCUT2D eigenvalue weighted by Crippen LogP contribution is -2.53. The van der Waals surface area contributed by atoms with Crippen LogP contribution in [-0.4, -0.2) is 45.4 Å². The summed E-state index contributed by atoms with van der Waals surface area (Å²) in [5.74, 6) is -0.897. The normalized spacial score (nSPS) is 29.9. The molecular formula is C21H27N3O3. The van der Waals surface area contributed by atoms with E-state index in [1.807, 2.05) is 50.9 Å². The molecule has 0 unspecified atom stereocenters. The van der Waals surface area contributed by atoms with Crippen molar-refractivity contribution in [1.82, 2.24) is 10.0 Å². The van der Waals surface area contributed by atoms with E-state index in [4.69, 9.17) is 0 Å². The van der Waals surface area contributed by atoms with Gasteiger partial charge in [0.25, 0.3) is 5.91 Å². The maximum atomic E-state index is 13.5. The van der Waals surface area contributed by atoms with E-state index in [1.54, 1.807) is 5.01 Å². The van der Waals surface area contributed by atoms with E-state index in [2.05, 4.69) is 13.8 Å². The summed E-state index contributed by atoms with van der Waals surface area (Å²) in [5, 5.41) is 3.62. The first-order valence-corrected chi connectivity index (χ1v) is 9.63. The number of hydrogen-bond acceptors (Lipinski definition) is 4. The topological polar surface area (TPSA) is 60.9 Å². The molecule has 0 aliphatic carbocycles. The number of benzene rings is 1. The van der Waals surface area contributed by atoms with Gasteiger partial charge >= 0.3 is 0 Å². The summed E-state index contributed by atoms with van der Waals surface area (Å²) in [6.45, 7) is 12.0. The third-order valence-electron chi connectivity index (χ3n) is 6.27.